The third-order valence-electron chi connectivity index (χ3n) is 3.12. The number of nitrogens with one attached hydrogen (secondary N) is 1. The van der Waals surface area contributed by atoms with Crippen LogP contribution in [-0.2, 0) is 11.3 Å². The predicted molar refractivity (Wildman–Crippen MR) is 72.5 cm³/mol. The first-order valence-corrected chi connectivity index (χ1v) is 7.37. The number of hydrogen-bond acceptors (Lipinski definition) is 5. The summed E-state index contributed by atoms with van der Waals surface area (Å²) in [4.78, 5) is 13.9. The third-order valence-corrected chi connectivity index (χ3v) is 3.98. The first-order chi connectivity index (χ1) is 8.70. The van der Waals surface area contributed by atoms with Crippen molar-refractivity contribution in [3.63, 3.8) is 0 Å². The lowest BCUT2D eigenvalue weighted by atomic mass is 9.99. The summed E-state index contributed by atoms with van der Waals surface area (Å²) in [5.41, 5.74) is 0. The van der Waals surface area contributed by atoms with Gasteiger partial charge in [0.2, 0.25) is 11.0 Å². The van der Waals surface area contributed by atoms with Crippen LogP contribution in [0.3, 0.4) is 0 Å². The SMILES string of the molecule is CCCNc1nnc(CN2CCCC(C)C2=O)s1. The molecule has 1 aromatic rings. The number of piperidine rings is 1. The average Bonchev–Trinajstić information content (AvgIpc) is 2.80. The number of aromatic nitrogens is 2. The summed E-state index contributed by atoms with van der Waals surface area (Å²) >= 11 is 1.54. The van der Waals surface area contributed by atoms with Gasteiger partial charge in [-0.1, -0.05) is 25.2 Å². The van der Waals surface area contributed by atoms with E-state index in [1.807, 2.05) is 11.8 Å². The van der Waals surface area contributed by atoms with Crippen molar-refractivity contribution in [2.45, 2.75) is 39.7 Å². The zero-order chi connectivity index (χ0) is 13.0. The van der Waals surface area contributed by atoms with E-state index in [0.29, 0.717) is 6.54 Å². The molecule has 0 aromatic carbocycles. The number of carbonyl (C=O) groups excluding carboxylic acids is 1. The number of nitrogens with zero attached hydrogens (tertiary/aromatic N) is 3. The summed E-state index contributed by atoms with van der Waals surface area (Å²) in [5.74, 6) is 0.406. The first kappa shape index (κ1) is 13.3. The fraction of sp³-hybridized carbons (Fsp3) is 0.750. The Labute approximate surface area is 112 Å². The second-order valence-electron chi connectivity index (χ2n) is 4.73. The lowest BCUT2D eigenvalue weighted by Gasteiger charge is -2.29. The first-order valence-electron chi connectivity index (χ1n) is 6.55. The maximum atomic E-state index is 12.0. The van der Waals surface area contributed by atoms with Gasteiger partial charge in [-0.05, 0) is 19.3 Å². The number of rotatable bonds is 5. The van der Waals surface area contributed by atoms with Gasteiger partial charge in [0, 0.05) is 19.0 Å². The Balaban J connectivity index is 1.92. The predicted octanol–water partition coefficient (Wildman–Crippen LogP) is 2.12. The van der Waals surface area contributed by atoms with Gasteiger partial charge in [-0.15, -0.1) is 10.2 Å². The molecule has 1 amide bonds. The zero-order valence-electron chi connectivity index (χ0n) is 11.0. The van der Waals surface area contributed by atoms with Crippen LogP contribution in [-0.4, -0.2) is 34.1 Å². The van der Waals surface area contributed by atoms with Crippen LogP contribution in [0.4, 0.5) is 5.13 Å². The van der Waals surface area contributed by atoms with Gasteiger partial charge in [-0.3, -0.25) is 4.79 Å². The van der Waals surface area contributed by atoms with Crippen LogP contribution in [0.25, 0.3) is 0 Å². The van der Waals surface area contributed by atoms with Crippen molar-refractivity contribution in [3.05, 3.63) is 5.01 Å². The van der Waals surface area contributed by atoms with Crippen LogP contribution in [0.15, 0.2) is 0 Å². The Morgan fingerprint density at radius 1 is 1.50 bits per heavy atom. The molecule has 0 aliphatic carbocycles. The van der Waals surface area contributed by atoms with Crippen LogP contribution in [0.5, 0.6) is 0 Å². The summed E-state index contributed by atoms with van der Waals surface area (Å²) in [5, 5.41) is 13.2. The van der Waals surface area contributed by atoms with Gasteiger partial charge in [0.25, 0.3) is 0 Å². The largest absolute Gasteiger partial charge is 0.360 e. The van der Waals surface area contributed by atoms with E-state index >= 15 is 0 Å². The molecular formula is C12H20N4OS. The molecule has 1 aliphatic rings. The van der Waals surface area contributed by atoms with Crippen molar-refractivity contribution in [1.82, 2.24) is 15.1 Å². The molecule has 2 heterocycles. The number of likely N-dealkylation sites (tertiary alicyclic amines) is 1. The van der Waals surface area contributed by atoms with E-state index in [1.54, 1.807) is 11.3 Å². The number of amides is 1. The minimum absolute atomic E-state index is 0.157. The van der Waals surface area contributed by atoms with Crippen LogP contribution >= 0.6 is 11.3 Å². The highest BCUT2D eigenvalue weighted by Crippen LogP contribution is 2.22. The van der Waals surface area contributed by atoms with Crippen LogP contribution in [0.1, 0.15) is 38.1 Å². The summed E-state index contributed by atoms with van der Waals surface area (Å²) in [6.07, 6.45) is 3.17. The molecule has 1 atom stereocenters. The van der Waals surface area contributed by atoms with E-state index < -0.39 is 0 Å². The van der Waals surface area contributed by atoms with E-state index in [-0.39, 0.29) is 11.8 Å². The highest BCUT2D eigenvalue weighted by molar-refractivity contribution is 7.15. The van der Waals surface area contributed by atoms with Crippen LogP contribution in [0, 0.1) is 5.92 Å². The Hall–Kier alpha value is -1.17. The van der Waals surface area contributed by atoms with Gasteiger partial charge in [0.05, 0.1) is 6.54 Å². The van der Waals surface area contributed by atoms with E-state index in [0.717, 1.165) is 42.5 Å². The fourth-order valence-corrected chi connectivity index (χ4v) is 2.86. The average molecular weight is 268 g/mol. The van der Waals surface area contributed by atoms with Crippen molar-refractivity contribution in [2.75, 3.05) is 18.4 Å². The van der Waals surface area contributed by atoms with E-state index in [2.05, 4.69) is 22.4 Å². The zero-order valence-corrected chi connectivity index (χ0v) is 11.8. The standard InChI is InChI=1S/C12H20N4OS/c1-3-6-13-12-15-14-10(18-12)8-16-7-4-5-9(2)11(16)17/h9H,3-8H2,1-2H3,(H,13,15). The van der Waals surface area contributed by atoms with E-state index in [9.17, 15) is 4.79 Å². The maximum Gasteiger partial charge on any atom is 0.225 e. The highest BCUT2D eigenvalue weighted by atomic mass is 32.1. The van der Waals surface area contributed by atoms with Crippen molar-refractivity contribution in [1.29, 1.82) is 0 Å². The van der Waals surface area contributed by atoms with Gasteiger partial charge < -0.3 is 10.2 Å². The van der Waals surface area contributed by atoms with Crippen LogP contribution < -0.4 is 5.32 Å². The molecule has 100 valence electrons. The molecule has 2 rings (SSSR count). The summed E-state index contributed by atoms with van der Waals surface area (Å²) in [6, 6.07) is 0. The fourth-order valence-electron chi connectivity index (χ4n) is 2.07. The van der Waals surface area contributed by atoms with Gasteiger partial charge in [-0.2, -0.15) is 0 Å². The molecule has 6 heteroatoms. The van der Waals surface area contributed by atoms with Crippen molar-refractivity contribution < 1.29 is 4.79 Å². The van der Waals surface area contributed by atoms with Gasteiger partial charge in [-0.25, -0.2) is 0 Å². The molecule has 1 aliphatic heterocycles. The molecular weight excluding hydrogens is 248 g/mol. The molecule has 5 nitrogen and oxygen atoms in total. The lowest BCUT2D eigenvalue weighted by molar-refractivity contribution is -0.138. The van der Waals surface area contributed by atoms with Crippen molar-refractivity contribution in [3.8, 4) is 0 Å². The molecule has 0 saturated carbocycles. The van der Waals surface area contributed by atoms with Gasteiger partial charge in [0.1, 0.15) is 5.01 Å². The second-order valence-corrected chi connectivity index (χ2v) is 5.79. The Kier molecular flexibility index (Phi) is 4.52. The molecule has 1 unspecified atom stereocenters. The van der Waals surface area contributed by atoms with E-state index in [1.165, 1.54) is 0 Å². The monoisotopic (exact) mass is 268 g/mol. The second kappa shape index (κ2) is 6.13. The number of anilines is 1. The molecule has 1 fully saturated rings. The minimum Gasteiger partial charge on any atom is -0.360 e. The number of carbonyl (C=O) groups is 1. The lowest BCUT2D eigenvalue weighted by Crippen LogP contribution is -2.39. The summed E-state index contributed by atoms with van der Waals surface area (Å²) < 4.78 is 0. The Bertz CT molecular complexity index is 407. The molecule has 1 saturated heterocycles. The smallest absolute Gasteiger partial charge is 0.225 e. The molecule has 0 bridgehead atoms. The summed E-state index contributed by atoms with van der Waals surface area (Å²) in [6.45, 7) is 6.48. The Morgan fingerprint density at radius 2 is 2.33 bits per heavy atom. The minimum atomic E-state index is 0.157. The topological polar surface area (TPSA) is 58.1 Å². The molecule has 1 N–H and O–H groups in total. The normalized spacial score (nSPS) is 20.2. The molecule has 1 aromatic heterocycles. The van der Waals surface area contributed by atoms with Gasteiger partial charge in [0.15, 0.2) is 0 Å². The quantitative estimate of drug-likeness (QED) is 0.888. The van der Waals surface area contributed by atoms with Crippen molar-refractivity contribution >= 4 is 22.4 Å². The molecule has 0 spiro atoms. The Morgan fingerprint density at radius 3 is 3.11 bits per heavy atom. The molecule has 18 heavy (non-hydrogen) atoms. The van der Waals surface area contributed by atoms with Crippen molar-refractivity contribution in [2.24, 2.45) is 5.92 Å². The number of hydrogen-bond donors (Lipinski definition) is 1. The maximum absolute atomic E-state index is 12.0. The highest BCUT2D eigenvalue weighted by Gasteiger charge is 2.25. The van der Waals surface area contributed by atoms with Gasteiger partial charge >= 0.3 is 0 Å². The molecule has 0 radical (unpaired) electrons. The van der Waals surface area contributed by atoms with Crippen LogP contribution in [0.2, 0.25) is 0 Å². The third kappa shape index (κ3) is 3.19. The summed E-state index contributed by atoms with van der Waals surface area (Å²) in [7, 11) is 0. The van der Waals surface area contributed by atoms with E-state index in [4.69, 9.17) is 0 Å².